The van der Waals surface area contributed by atoms with E-state index in [1.807, 2.05) is 6.92 Å². The number of carbonyl (C=O) groups excluding carboxylic acids is 1. The Balaban J connectivity index is 1.41. The van der Waals surface area contributed by atoms with Crippen LogP contribution in [-0.4, -0.2) is 84.9 Å². The lowest BCUT2D eigenvalue weighted by atomic mass is 10.3. The number of hydrogen-bond donors (Lipinski definition) is 1. The number of halogens is 1. The number of nitrogens with zero attached hydrogens (tertiary/aromatic N) is 4. The third kappa shape index (κ3) is 4.58. The zero-order valence-electron chi connectivity index (χ0n) is 15.5. The molecule has 2 aliphatic rings. The lowest BCUT2D eigenvalue weighted by molar-refractivity contribution is 0.0934. The van der Waals surface area contributed by atoms with Crippen LogP contribution in [0.2, 0.25) is 0 Å². The number of fused-ring (bicyclic) bond motifs is 1. The number of nitrogens with one attached hydrogen (secondary N) is 1. The molecule has 0 saturated carbocycles. The third-order valence-corrected chi connectivity index (χ3v) is 6.76. The van der Waals surface area contributed by atoms with E-state index in [1.165, 1.54) is 4.68 Å². The van der Waals surface area contributed by atoms with Crippen molar-refractivity contribution >= 4 is 15.9 Å². The molecule has 0 unspecified atom stereocenters. The van der Waals surface area contributed by atoms with Gasteiger partial charge in [0.25, 0.3) is 5.91 Å². The van der Waals surface area contributed by atoms with Crippen molar-refractivity contribution in [1.82, 2.24) is 24.3 Å². The highest BCUT2D eigenvalue weighted by atomic mass is 32.2. The van der Waals surface area contributed by atoms with Gasteiger partial charge in [-0.05, 0) is 6.42 Å². The average Bonchev–Trinajstić information content (AvgIpc) is 3.23. The minimum atomic E-state index is -3.17. The molecule has 11 heteroatoms. The predicted molar refractivity (Wildman–Crippen MR) is 96.7 cm³/mol. The summed E-state index contributed by atoms with van der Waals surface area (Å²) >= 11 is 0. The molecule has 152 valence electrons. The number of amides is 1. The number of rotatable bonds is 8. The molecule has 0 aliphatic carbocycles. The van der Waals surface area contributed by atoms with Crippen LogP contribution >= 0.6 is 0 Å². The van der Waals surface area contributed by atoms with Crippen molar-refractivity contribution in [2.75, 3.05) is 51.6 Å². The van der Waals surface area contributed by atoms with Gasteiger partial charge in [-0.2, -0.15) is 13.8 Å². The minimum absolute atomic E-state index is 0.0144. The Hall–Kier alpha value is -1.72. The molecule has 1 saturated heterocycles. The second-order valence-electron chi connectivity index (χ2n) is 6.71. The highest BCUT2D eigenvalue weighted by Gasteiger charge is 2.28. The quantitative estimate of drug-likeness (QED) is 0.651. The molecular weight excluding hydrogens is 377 g/mol. The zero-order valence-corrected chi connectivity index (χ0v) is 16.3. The van der Waals surface area contributed by atoms with Gasteiger partial charge in [-0.25, -0.2) is 13.1 Å². The van der Waals surface area contributed by atoms with Gasteiger partial charge in [-0.3, -0.25) is 9.69 Å². The van der Waals surface area contributed by atoms with Crippen LogP contribution in [0.3, 0.4) is 0 Å². The Labute approximate surface area is 158 Å². The van der Waals surface area contributed by atoms with Crippen molar-refractivity contribution in [2.45, 2.75) is 26.3 Å². The number of aromatic nitrogens is 2. The predicted octanol–water partition coefficient (Wildman–Crippen LogP) is -0.108. The Morgan fingerprint density at radius 3 is 2.67 bits per heavy atom. The fraction of sp³-hybridized carbons (Fsp3) is 0.750. The SMILES string of the molecule is CCCCS(=O)(=O)N1CCN(CCNC(=O)c2nn3c(c2F)OCC3)CC1. The number of piperazine rings is 1. The highest BCUT2D eigenvalue weighted by molar-refractivity contribution is 7.89. The van der Waals surface area contributed by atoms with E-state index in [-0.39, 0.29) is 17.3 Å². The van der Waals surface area contributed by atoms with Gasteiger partial charge < -0.3 is 10.1 Å². The standard InChI is InChI=1S/C16H26FN5O4S/c1-2-3-12-27(24,25)21-8-6-20(7-9-21)5-4-18-15(23)14-13(17)16-22(19-14)10-11-26-16/h2-12H2,1H3,(H,18,23). The third-order valence-electron chi connectivity index (χ3n) is 4.80. The fourth-order valence-corrected chi connectivity index (χ4v) is 4.82. The van der Waals surface area contributed by atoms with Crippen molar-refractivity contribution in [3.05, 3.63) is 11.5 Å². The van der Waals surface area contributed by atoms with Crippen molar-refractivity contribution < 1.29 is 22.3 Å². The maximum absolute atomic E-state index is 14.1. The van der Waals surface area contributed by atoms with Crippen LogP contribution in [0.1, 0.15) is 30.3 Å². The summed E-state index contributed by atoms with van der Waals surface area (Å²) in [4.78, 5) is 14.2. The smallest absolute Gasteiger partial charge is 0.275 e. The number of carbonyl (C=O) groups is 1. The van der Waals surface area contributed by atoms with Crippen LogP contribution < -0.4 is 10.1 Å². The van der Waals surface area contributed by atoms with Crippen LogP contribution in [0.4, 0.5) is 4.39 Å². The summed E-state index contributed by atoms with van der Waals surface area (Å²) in [7, 11) is -3.17. The van der Waals surface area contributed by atoms with Crippen molar-refractivity contribution in [1.29, 1.82) is 0 Å². The normalized spacial score (nSPS) is 18.3. The number of hydrogen-bond acceptors (Lipinski definition) is 6. The molecule has 1 aromatic rings. The molecule has 1 amide bonds. The summed E-state index contributed by atoms with van der Waals surface area (Å²) in [5, 5.41) is 6.60. The van der Waals surface area contributed by atoms with E-state index in [0.29, 0.717) is 58.8 Å². The Morgan fingerprint density at radius 2 is 2.00 bits per heavy atom. The molecule has 0 spiro atoms. The first kappa shape index (κ1) is 20.0. The molecule has 1 N–H and O–H groups in total. The maximum Gasteiger partial charge on any atom is 0.275 e. The van der Waals surface area contributed by atoms with Crippen LogP contribution in [-0.2, 0) is 16.6 Å². The summed E-state index contributed by atoms with van der Waals surface area (Å²) in [5.41, 5.74) is -0.253. The summed E-state index contributed by atoms with van der Waals surface area (Å²) in [6.45, 7) is 5.82. The number of sulfonamides is 1. The molecule has 0 atom stereocenters. The van der Waals surface area contributed by atoms with Crippen molar-refractivity contribution in [2.24, 2.45) is 0 Å². The molecule has 2 aliphatic heterocycles. The topological polar surface area (TPSA) is 96.8 Å². The Kier molecular flexibility index (Phi) is 6.33. The second kappa shape index (κ2) is 8.53. The van der Waals surface area contributed by atoms with Crippen molar-refractivity contribution in [3.63, 3.8) is 0 Å². The molecule has 0 bridgehead atoms. The molecule has 0 radical (unpaired) electrons. The first-order chi connectivity index (χ1) is 12.9. The van der Waals surface area contributed by atoms with Crippen molar-refractivity contribution in [3.8, 4) is 5.88 Å². The van der Waals surface area contributed by atoms with Gasteiger partial charge in [0.15, 0.2) is 5.69 Å². The molecule has 1 aromatic heterocycles. The number of ether oxygens (including phenoxy) is 1. The molecular formula is C16H26FN5O4S. The molecule has 27 heavy (non-hydrogen) atoms. The average molecular weight is 403 g/mol. The second-order valence-corrected chi connectivity index (χ2v) is 8.79. The van der Waals surface area contributed by atoms with Crippen LogP contribution in [0, 0.1) is 5.82 Å². The van der Waals surface area contributed by atoms with E-state index in [1.54, 1.807) is 4.31 Å². The van der Waals surface area contributed by atoms with Gasteiger partial charge in [-0.15, -0.1) is 0 Å². The highest BCUT2D eigenvalue weighted by Crippen LogP contribution is 2.24. The van der Waals surface area contributed by atoms with Gasteiger partial charge in [0.05, 0.1) is 12.3 Å². The van der Waals surface area contributed by atoms with E-state index >= 15 is 0 Å². The number of unbranched alkanes of at least 4 members (excludes halogenated alkanes) is 1. The lowest BCUT2D eigenvalue weighted by Crippen LogP contribution is -2.50. The van der Waals surface area contributed by atoms with Gasteiger partial charge in [0, 0.05) is 39.3 Å². The summed E-state index contributed by atoms with van der Waals surface area (Å²) < 4.78 is 46.5. The zero-order chi connectivity index (χ0) is 19.4. The monoisotopic (exact) mass is 403 g/mol. The molecule has 9 nitrogen and oxygen atoms in total. The molecule has 3 heterocycles. The summed E-state index contributed by atoms with van der Waals surface area (Å²) in [6.07, 6.45) is 1.53. The maximum atomic E-state index is 14.1. The molecule has 3 rings (SSSR count). The van der Waals surface area contributed by atoms with E-state index in [0.717, 1.165) is 6.42 Å². The summed E-state index contributed by atoms with van der Waals surface area (Å²) in [6, 6.07) is 0. The first-order valence-electron chi connectivity index (χ1n) is 9.30. The fourth-order valence-electron chi connectivity index (χ4n) is 3.19. The van der Waals surface area contributed by atoms with E-state index in [9.17, 15) is 17.6 Å². The molecule has 0 aromatic carbocycles. The Morgan fingerprint density at radius 1 is 1.26 bits per heavy atom. The van der Waals surface area contributed by atoms with Crippen LogP contribution in [0.5, 0.6) is 5.88 Å². The van der Waals surface area contributed by atoms with Crippen LogP contribution in [0.25, 0.3) is 0 Å². The Bertz CT molecular complexity index is 774. The van der Waals surface area contributed by atoms with Gasteiger partial charge >= 0.3 is 0 Å². The first-order valence-corrected chi connectivity index (χ1v) is 10.9. The largest absolute Gasteiger partial charge is 0.474 e. The summed E-state index contributed by atoms with van der Waals surface area (Å²) in [5.74, 6) is -1.08. The van der Waals surface area contributed by atoms with E-state index in [4.69, 9.17) is 4.74 Å². The lowest BCUT2D eigenvalue weighted by Gasteiger charge is -2.33. The minimum Gasteiger partial charge on any atom is -0.474 e. The van der Waals surface area contributed by atoms with Gasteiger partial charge in [-0.1, -0.05) is 13.3 Å². The van der Waals surface area contributed by atoms with Gasteiger partial charge in [0.2, 0.25) is 21.7 Å². The molecule has 1 fully saturated rings. The van der Waals surface area contributed by atoms with Gasteiger partial charge in [0.1, 0.15) is 6.61 Å². The van der Waals surface area contributed by atoms with E-state index in [2.05, 4.69) is 15.3 Å². The van der Waals surface area contributed by atoms with E-state index < -0.39 is 21.7 Å². The van der Waals surface area contributed by atoms with Crippen LogP contribution in [0.15, 0.2) is 0 Å².